The van der Waals surface area contributed by atoms with Crippen LogP contribution in [0.3, 0.4) is 0 Å². The Balaban J connectivity index is 1.95. The molecule has 0 amide bonds. The van der Waals surface area contributed by atoms with Crippen LogP contribution in [0.5, 0.6) is 0 Å². The molecule has 0 aliphatic carbocycles. The quantitative estimate of drug-likeness (QED) is 0.338. The second-order valence-electron chi connectivity index (χ2n) is 6.09. The number of hydrogen-bond acceptors (Lipinski definition) is 1. The van der Waals surface area contributed by atoms with Crippen molar-refractivity contribution in [2.45, 2.75) is 13.8 Å². The molecule has 3 nitrogen and oxygen atoms in total. The monoisotopic (exact) mass is 334 g/mol. The molecule has 0 aliphatic rings. The van der Waals surface area contributed by atoms with Gasteiger partial charge in [0, 0.05) is 26.5 Å². The molecule has 25 heavy (non-hydrogen) atoms. The van der Waals surface area contributed by atoms with E-state index in [9.17, 15) is 4.39 Å². The molecular formula is C21H16FN2O+. The molecule has 4 aromatic rings. The van der Waals surface area contributed by atoms with Crippen molar-refractivity contribution in [2.75, 3.05) is 0 Å². The van der Waals surface area contributed by atoms with Crippen molar-refractivity contribution >= 4 is 27.6 Å². The maximum absolute atomic E-state index is 14.5. The first-order chi connectivity index (χ1) is 13.2. The van der Waals surface area contributed by atoms with Crippen LogP contribution >= 0.6 is 0 Å². The van der Waals surface area contributed by atoms with Crippen molar-refractivity contribution in [3.63, 3.8) is 0 Å². The van der Waals surface area contributed by atoms with Gasteiger partial charge in [0.25, 0.3) is 0 Å². The summed E-state index contributed by atoms with van der Waals surface area (Å²) in [6.45, 7) is 6.54. The fourth-order valence-electron chi connectivity index (χ4n) is 3.16. The van der Waals surface area contributed by atoms with Gasteiger partial charge in [-0.15, -0.1) is 0 Å². The second-order valence-corrected chi connectivity index (χ2v) is 6.09. The summed E-state index contributed by atoms with van der Waals surface area (Å²) >= 11 is 0. The van der Waals surface area contributed by atoms with Gasteiger partial charge in [-0.05, 0) is 37.5 Å². The van der Waals surface area contributed by atoms with Gasteiger partial charge in [-0.3, -0.25) is 0 Å². The van der Waals surface area contributed by atoms with Crippen molar-refractivity contribution < 1.29 is 17.5 Å². The molecule has 0 bridgehead atoms. The predicted molar refractivity (Wildman–Crippen MR) is 96.0 cm³/mol. The lowest BCUT2D eigenvalue weighted by Gasteiger charge is -2.06. The molecule has 0 spiro atoms. The van der Waals surface area contributed by atoms with E-state index in [2.05, 4.69) is 4.85 Å². The van der Waals surface area contributed by atoms with E-state index >= 15 is 0 Å². The maximum atomic E-state index is 14.5. The van der Waals surface area contributed by atoms with Gasteiger partial charge in [-0.2, -0.15) is 0 Å². The summed E-state index contributed by atoms with van der Waals surface area (Å²) in [4.78, 5) is 3.42. The van der Waals surface area contributed by atoms with Crippen molar-refractivity contribution in [3.8, 4) is 11.3 Å². The van der Waals surface area contributed by atoms with Crippen molar-refractivity contribution in [3.05, 3.63) is 71.0 Å². The van der Waals surface area contributed by atoms with Crippen LogP contribution in [0, 0.1) is 26.2 Å². The Morgan fingerprint density at radius 3 is 2.68 bits per heavy atom. The van der Waals surface area contributed by atoms with E-state index in [-0.39, 0.29) is 5.56 Å². The molecule has 0 aliphatic heterocycles. The van der Waals surface area contributed by atoms with Crippen molar-refractivity contribution in [1.82, 2.24) is 0 Å². The highest BCUT2D eigenvalue weighted by Crippen LogP contribution is 2.35. The molecule has 0 fully saturated rings. The lowest BCUT2D eigenvalue weighted by atomic mass is 10.0. The van der Waals surface area contributed by atoms with Crippen LogP contribution in [0.25, 0.3) is 38.0 Å². The first-order valence-corrected chi connectivity index (χ1v) is 7.73. The number of nitrogens with zero attached hydrogens (tertiary/aromatic N) is 2. The maximum Gasteiger partial charge on any atom is 0.215 e. The summed E-state index contributed by atoms with van der Waals surface area (Å²) in [6, 6.07) is 10.3. The number of aromatic nitrogens is 1. The van der Waals surface area contributed by atoms with Crippen LogP contribution in [0.15, 0.2) is 47.0 Å². The number of benzene rings is 2. The Labute approximate surface area is 149 Å². The number of furan rings is 1. The lowest BCUT2D eigenvalue weighted by Crippen LogP contribution is -2.31. The highest BCUT2D eigenvalue weighted by molar-refractivity contribution is 6.07. The van der Waals surface area contributed by atoms with E-state index in [4.69, 9.17) is 15.1 Å². The van der Waals surface area contributed by atoms with Crippen LogP contribution in [0.2, 0.25) is 0 Å². The zero-order chi connectivity index (χ0) is 20.2. The number of aryl methyl sites for hydroxylation is 3. The SMILES string of the molecule is [2H]C([2H])([2H])c1c[n+](C)c(-c2cc3oc4cc([N+]#[C-])ccc4c3cc2C)cc1F. The molecule has 122 valence electrons. The first-order valence-electron chi connectivity index (χ1n) is 9.23. The average Bonchev–Trinajstić information content (AvgIpc) is 2.98. The van der Waals surface area contributed by atoms with E-state index in [0.29, 0.717) is 22.5 Å². The summed E-state index contributed by atoms with van der Waals surface area (Å²) in [7, 11) is 1.69. The van der Waals surface area contributed by atoms with E-state index in [1.807, 2.05) is 25.1 Å². The number of rotatable bonds is 1. The molecule has 2 aromatic heterocycles. The number of halogens is 1. The number of fused-ring (bicyclic) bond motifs is 3. The zero-order valence-electron chi connectivity index (χ0n) is 16.7. The molecular weight excluding hydrogens is 315 g/mol. The fraction of sp³-hybridized carbons (Fsp3) is 0.143. The third-order valence-corrected chi connectivity index (χ3v) is 4.43. The molecule has 0 saturated heterocycles. The van der Waals surface area contributed by atoms with Crippen LogP contribution in [0.1, 0.15) is 15.2 Å². The summed E-state index contributed by atoms with van der Waals surface area (Å²) in [5.41, 5.74) is 3.63. The zero-order valence-corrected chi connectivity index (χ0v) is 13.7. The first kappa shape index (κ1) is 12.2. The Morgan fingerprint density at radius 1 is 1.12 bits per heavy atom. The van der Waals surface area contributed by atoms with Gasteiger partial charge in [0.1, 0.15) is 24.0 Å². The van der Waals surface area contributed by atoms with E-state index < -0.39 is 12.7 Å². The van der Waals surface area contributed by atoms with E-state index in [0.717, 1.165) is 21.9 Å². The molecule has 0 atom stereocenters. The predicted octanol–water partition coefficient (Wildman–Crippen LogP) is 5.38. The van der Waals surface area contributed by atoms with Crippen molar-refractivity contribution in [1.29, 1.82) is 0 Å². The van der Waals surface area contributed by atoms with Crippen molar-refractivity contribution in [2.24, 2.45) is 7.05 Å². The van der Waals surface area contributed by atoms with Crippen LogP contribution in [0.4, 0.5) is 10.1 Å². The molecule has 4 rings (SSSR count). The van der Waals surface area contributed by atoms with Gasteiger partial charge < -0.3 is 4.42 Å². The highest BCUT2D eigenvalue weighted by Gasteiger charge is 2.18. The average molecular weight is 334 g/mol. The Morgan fingerprint density at radius 2 is 1.92 bits per heavy atom. The van der Waals surface area contributed by atoms with Gasteiger partial charge in [0.15, 0.2) is 11.9 Å². The minimum atomic E-state index is -2.52. The van der Waals surface area contributed by atoms with Crippen LogP contribution in [-0.2, 0) is 7.05 Å². The molecule has 2 aromatic carbocycles. The standard InChI is InChI=1S/C21H16FN2O/c1-12-7-17-15-6-5-14(23-3)8-20(15)25-21(17)9-16(12)19-10-18(22)13(2)11-24(19)4/h5-11H,1-2,4H3/q+1/i2D3. The summed E-state index contributed by atoms with van der Waals surface area (Å²) in [6.07, 6.45) is 1.31. The van der Waals surface area contributed by atoms with Gasteiger partial charge >= 0.3 is 0 Å². The molecule has 0 saturated carbocycles. The minimum Gasteiger partial charge on any atom is -0.457 e. The fourth-order valence-corrected chi connectivity index (χ4v) is 3.16. The van der Waals surface area contributed by atoms with Crippen LogP contribution < -0.4 is 4.57 Å². The van der Waals surface area contributed by atoms with Gasteiger partial charge in [0.2, 0.25) is 5.69 Å². The van der Waals surface area contributed by atoms with Gasteiger partial charge in [-0.25, -0.2) is 13.8 Å². The lowest BCUT2D eigenvalue weighted by molar-refractivity contribution is -0.661. The molecule has 2 heterocycles. The molecule has 0 N–H and O–H groups in total. The number of hydrogen-bond donors (Lipinski definition) is 0. The Hall–Kier alpha value is -3.19. The third kappa shape index (κ3) is 2.36. The van der Waals surface area contributed by atoms with Gasteiger partial charge in [-0.1, -0.05) is 12.1 Å². The molecule has 0 unspecified atom stereocenters. The van der Waals surface area contributed by atoms with Gasteiger partial charge in [0.05, 0.1) is 12.1 Å². The molecule has 4 heteroatoms. The van der Waals surface area contributed by atoms with E-state index in [1.165, 1.54) is 12.3 Å². The smallest absolute Gasteiger partial charge is 0.215 e. The third-order valence-electron chi connectivity index (χ3n) is 4.43. The van der Waals surface area contributed by atoms with E-state index in [1.54, 1.807) is 23.7 Å². The normalized spacial score (nSPS) is 13.4. The Kier molecular flexibility index (Phi) is 2.65. The highest BCUT2D eigenvalue weighted by atomic mass is 19.1. The minimum absolute atomic E-state index is 0.312. The molecule has 0 radical (unpaired) electrons. The Bertz CT molecular complexity index is 1300. The topological polar surface area (TPSA) is 21.4 Å². The second kappa shape index (κ2) is 5.42. The summed E-state index contributed by atoms with van der Waals surface area (Å²) < 4.78 is 44.4. The van der Waals surface area contributed by atoms with Crippen LogP contribution in [-0.4, -0.2) is 0 Å². The summed E-state index contributed by atoms with van der Waals surface area (Å²) in [5.74, 6) is -0.765. The number of pyridine rings is 1. The summed E-state index contributed by atoms with van der Waals surface area (Å²) in [5, 5.41) is 1.82. The largest absolute Gasteiger partial charge is 0.457 e.